The summed E-state index contributed by atoms with van der Waals surface area (Å²) in [6.45, 7) is 0. The minimum absolute atomic E-state index is 0.619. The van der Waals surface area contributed by atoms with Crippen LogP contribution in [0, 0.1) is 0 Å². The number of aromatic nitrogens is 4. The maximum atomic E-state index is 4.70. The summed E-state index contributed by atoms with van der Waals surface area (Å²) < 4.78 is 1.97. The number of hydrogen-bond acceptors (Lipinski definition) is 3. The lowest BCUT2D eigenvalue weighted by molar-refractivity contribution is 0.937. The average Bonchev–Trinajstić information content (AvgIpc) is 3.00. The molecule has 110 valence electrons. The van der Waals surface area contributed by atoms with Crippen molar-refractivity contribution in [1.29, 1.82) is 0 Å². The molecule has 0 amide bonds. The molecule has 0 aliphatic rings. The second-order valence-electron chi connectivity index (χ2n) is 5.09. The topological polar surface area (TPSA) is 43.6 Å². The van der Waals surface area contributed by atoms with Crippen molar-refractivity contribution in [2.75, 3.05) is 0 Å². The van der Waals surface area contributed by atoms with E-state index in [2.05, 4.69) is 22.1 Å². The number of rotatable bonds is 3. The predicted octanol–water partition coefficient (Wildman–Crippen LogP) is 3.99. The molecule has 0 fully saturated rings. The van der Waals surface area contributed by atoms with Crippen molar-refractivity contribution in [3.8, 4) is 5.95 Å². The van der Waals surface area contributed by atoms with Crippen LogP contribution in [0.15, 0.2) is 73.1 Å². The second-order valence-corrected chi connectivity index (χ2v) is 5.09. The van der Waals surface area contributed by atoms with E-state index in [0.29, 0.717) is 5.95 Å². The smallest absolute Gasteiger partial charge is 0.235 e. The number of fused-ring (bicyclic) bond motifs is 1. The average molecular weight is 298 g/mol. The van der Waals surface area contributed by atoms with E-state index < -0.39 is 0 Å². The molecule has 0 saturated carbocycles. The van der Waals surface area contributed by atoms with Gasteiger partial charge in [0.15, 0.2) is 0 Å². The van der Waals surface area contributed by atoms with Gasteiger partial charge in [0.05, 0.1) is 11.0 Å². The molecule has 0 aliphatic heterocycles. The first-order valence-corrected chi connectivity index (χ1v) is 7.40. The standard InChI is InChI=1S/C19H14N4/c1-2-7-15(8-3-1)11-12-18-22-16-9-4-5-10-17(16)23(18)19-20-13-6-14-21-19/h1-14H. The van der Waals surface area contributed by atoms with Crippen LogP contribution in [0.4, 0.5) is 0 Å². The van der Waals surface area contributed by atoms with Crippen LogP contribution in [0.5, 0.6) is 0 Å². The maximum Gasteiger partial charge on any atom is 0.235 e. The van der Waals surface area contributed by atoms with E-state index in [-0.39, 0.29) is 0 Å². The summed E-state index contributed by atoms with van der Waals surface area (Å²) in [7, 11) is 0. The highest BCUT2D eigenvalue weighted by molar-refractivity contribution is 5.81. The number of nitrogens with zero attached hydrogens (tertiary/aromatic N) is 4. The Labute approximate surface area is 133 Å². The highest BCUT2D eigenvalue weighted by Gasteiger charge is 2.11. The molecule has 4 heteroatoms. The van der Waals surface area contributed by atoms with Crippen LogP contribution in [-0.2, 0) is 0 Å². The molecule has 2 heterocycles. The molecule has 0 unspecified atom stereocenters. The van der Waals surface area contributed by atoms with E-state index in [1.54, 1.807) is 12.4 Å². The van der Waals surface area contributed by atoms with Crippen molar-refractivity contribution >= 4 is 23.2 Å². The van der Waals surface area contributed by atoms with Crippen LogP contribution in [0.25, 0.3) is 29.1 Å². The van der Waals surface area contributed by atoms with Crippen LogP contribution in [0.1, 0.15) is 11.4 Å². The Balaban J connectivity index is 1.88. The molecule has 0 radical (unpaired) electrons. The van der Waals surface area contributed by atoms with Crippen LogP contribution in [-0.4, -0.2) is 19.5 Å². The molecule has 2 aromatic carbocycles. The van der Waals surface area contributed by atoms with Crippen molar-refractivity contribution in [1.82, 2.24) is 19.5 Å². The van der Waals surface area contributed by atoms with Crippen LogP contribution >= 0.6 is 0 Å². The van der Waals surface area contributed by atoms with Gasteiger partial charge in [0.2, 0.25) is 5.95 Å². The zero-order valence-corrected chi connectivity index (χ0v) is 12.4. The fraction of sp³-hybridized carbons (Fsp3) is 0. The van der Waals surface area contributed by atoms with E-state index in [0.717, 1.165) is 22.4 Å². The molecule has 0 N–H and O–H groups in total. The van der Waals surface area contributed by atoms with Gasteiger partial charge in [-0.15, -0.1) is 0 Å². The zero-order valence-electron chi connectivity index (χ0n) is 12.4. The van der Waals surface area contributed by atoms with Crippen LogP contribution in [0.3, 0.4) is 0 Å². The first-order chi connectivity index (χ1) is 11.4. The first-order valence-electron chi connectivity index (χ1n) is 7.40. The predicted molar refractivity (Wildman–Crippen MR) is 92.0 cm³/mol. The molecule has 4 nitrogen and oxygen atoms in total. The lowest BCUT2D eigenvalue weighted by Gasteiger charge is -2.04. The summed E-state index contributed by atoms with van der Waals surface area (Å²) >= 11 is 0. The van der Waals surface area contributed by atoms with E-state index in [1.807, 2.05) is 65.3 Å². The number of benzene rings is 2. The largest absolute Gasteiger partial charge is 0.261 e. The fourth-order valence-corrected chi connectivity index (χ4v) is 2.51. The summed E-state index contributed by atoms with van der Waals surface area (Å²) in [6.07, 6.45) is 7.51. The minimum Gasteiger partial charge on any atom is -0.261 e. The molecule has 23 heavy (non-hydrogen) atoms. The van der Waals surface area contributed by atoms with E-state index >= 15 is 0 Å². The van der Waals surface area contributed by atoms with Gasteiger partial charge in [-0.2, -0.15) is 0 Å². The molecular weight excluding hydrogens is 284 g/mol. The van der Waals surface area contributed by atoms with Gasteiger partial charge in [0.25, 0.3) is 0 Å². The number of hydrogen-bond donors (Lipinski definition) is 0. The normalized spacial score (nSPS) is 11.3. The third kappa shape index (κ3) is 2.62. The second kappa shape index (κ2) is 5.85. The Bertz CT molecular complexity index is 957. The van der Waals surface area contributed by atoms with Gasteiger partial charge >= 0.3 is 0 Å². The summed E-state index contributed by atoms with van der Waals surface area (Å²) in [5.41, 5.74) is 3.04. The van der Waals surface area contributed by atoms with Crippen molar-refractivity contribution in [3.05, 3.63) is 84.4 Å². The van der Waals surface area contributed by atoms with Crippen molar-refractivity contribution in [3.63, 3.8) is 0 Å². The van der Waals surface area contributed by atoms with Crippen molar-refractivity contribution in [2.24, 2.45) is 0 Å². The van der Waals surface area contributed by atoms with Gasteiger partial charge in [0, 0.05) is 12.4 Å². The van der Waals surface area contributed by atoms with Crippen LogP contribution < -0.4 is 0 Å². The Morgan fingerprint density at radius 1 is 0.739 bits per heavy atom. The summed E-state index contributed by atoms with van der Waals surface area (Å²) in [5.74, 6) is 1.43. The van der Waals surface area contributed by atoms with Gasteiger partial charge in [-0.05, 0) is 29.8 Å². The Hall–Kier alpha value is -3.27. The Morgan fingerprint density at radius 2 is 1.48 bits per heavy atom. The summed E-state index contributed by atoms with van der Waals surface area (Å²) in [5, 5.41) is 0. The van der Waals surface area contributed by atoms with E-state index in [4.69, 9.17) is 4.98 Å². The van der Waals surface area contributed by atoms with Gasteiger partial charge in [-0.25, -0.2) is 15.0 Å². The van der Waals surface area contributed by atoms with Crippen molar-refractivity contribution < 1.29 is 0 Å². The van der Waals surface area contributed by atoms with Gasteiger partial charge < -0.3 is 0 Å². The molecule has 0 saturated heterocycles. The highest BCUT2D eigenvalue weighted by atomic mass is 15.2. The molecule has 4 rings (SSSR count). The quantitative estimate of drug-likeness (QED) is 0.574. The Kier molecular flexibility index (Phi) is 3.41. The SMILES string of the molecule is C(=Cc1nc2ccccc2n1-c1ncccn1)c1ccccc1. The monoisotopic (exact) mass is 298 g/mol. The van der Waals surface area contributed by atoms with Gasteiger partial charge in [-0.3, -0.25) is 4.57 Å². The number of para-hydroxylation sites is 2. The number of imidazole rings is 1. The van der Waals surface area contributed by atoms with E-state index in [9.17, 15) is 0 Å². The fourth-order valence-electron chi connectivity index (χ4n) is 2.51. The third-order valence-corrected chi connectivity index (χ3v) is 3.56. The van der Waals surface area contributed by atoms with Crippen molar-refractivity contribution in [2.45, 2.75) is 0 Å². The van der Waals surface area contributed by atoms with Gasteiger partial charge in [-0.1, -0.05) is 48.5 Å². The lowest BCUT2D eigenvalue weighted by Crippen LogP contribution is -2.02. The highest BCUT2D eigenvalue weighted by Crippen LogP contribution is 2.20. The molecule has 2 aromatic heterocycles. The zero-order chi connectivity index (χ0) is 15.5. The maximum absolute atomic E-state index is 4.70. The molecular formula is C19H14N4. The summed E-state index contributed by atoms with van der Waals surface area (Å²) in [4.78, 5) is 13.4. The molecule has 4 aromatic rings. The third-order valence-electron chi connectivity index (χ3n) is 3.56. The minimum atomic E-state index is 0.619. The van der Waals surface area contributed by atoms with Crippen LogP contribution in [0.2, 0.25) is 0 Å². The molecule has 0 spiro atoms. The first kappa shape index (κ1) is 13.4. The van der Waals surface area contributed by atoms with E-state index in [1.165, 1.54) is 0 Å². The molecule has 0 bridgehead atoms. The Morgan fingerprint density at radius 3 is 2.30 bits per heavy atom. The molecule has 0 atom stereocenters. The lowest BCUT2D eigenvalue weighted by atomic mass is 10.2. The molecule has 0 aliphatic carbocycles. The summed E-state index contributed by atoms with van der Waals surface area (Å²) in [6, 6.07) is 20.0. The van der Waals surface area contributed by atoms with Gasteiger partial charge in [0.1, 0.15) is 5.82 Å².